The van der Waals surface area contributed by atoms with Crippen LogP contribution in [-0.2, 0) is 6.54 Å². The largest absolute Gasteiger partial charge is 0.416 e. The van der Waals surface area contributed by atoms with E-state index in [4.69, 9.17) is 16.0 Å². The highest BCUT2D eigenvalue weighted by atomic mass is 35.5. The van der Waals surface area contributed by atoms with Crippen molar-refractivity contribution in [3.8, 4) is 22.9 Å². The zero-order valence-electron chi connectivity index (χ0n) is 15.7. The van der Waals surface area contributed by atoms with Crippen LogP contribution < -0.4 is 5.32 Å². The Labute approximate surface area is 173 Å². The Bertz CT molecular complexity index is 1150. The summed E-state index contributed by atoms with van der Waals surface area (Å²) < 4.78 is 5.82. The number of aromatic nitrogens is 2. The molecule has 1 aromatic heterocycles. The lowest BCUT2D eigenvalue weighted by atomic mass is 10.1. The molecule has 1 amide bonds. The van der Waals surface area contributed by atoms with Gasteiger partial charge in [0.15, 0.2) is 0 Å². The minimum absolute atomic E-state index is 0.178. The van der Waals surface area contributed by atoms with Gasteiger partial charge in [0.05, 0.1) is 0 Å². The number of aryl methyl sites for hydroxylation is 1. The summed E-state index contributed by atoms with van der Waals surface area (Å²) in [6.45, 7) is 2.36. The molecule has 0 bridgehead atoms. The van der Waals surface area contributed by atoms with Crippen molar-refractivity contribution in [1.29, 1.82) is 0 Å². The summed E-state index contributed by atoms with van der Waals surface area (Å²) in [6.07, 6.45) is 0. The number of benzene rings is 3. The van der Waals surface area contributed by atoms with Gasteiger partial charge in [0.25, 0.3) is 5.91 Å². The van der Waals surface area contributed by atoms with E-state index in [2.05, 4.69) is 15.5 Å². The topological polar surface area (TPSA) is 68.0 Å². The quantitative estimate of drug-likeness (QED) is 0.491. The van der Waals surface area contributed by atoms with Gasteiger partial charge in [0, 0.05) is 28.3 Å². The van der Waals surface area contributed by atoms with E-state index in [9.17, 15) is 4.79 Å². The van der Waals surface area contributed by atoms with Crippen molar-refractivity contribution in [2.45, 2.75) is 13.5 Å². The van der Waals surface area contributed by atoms with Crippen molar-refractivity contribution in [3.05, 3.63) is 94.5 Å². The second-order valence-electron chi connectivity index (χ2n) is 6.58. The predicted octanol–water partition coefficient (Wildman–Crippen LogP) is 5.30. The van der Waals surface area contributed by atoms with Crippen LogP contribution in [0.1, 0.15) is 21.5 Å². The maximum Gasteiger partial charge on any atom is 0.251 e. The number of amides is 1. The molecule has 0 atom stereocenters. The van der Waals surface area contributed by atoms with Crippen LogP contribution in [0.15, 0.2) is 77.2 Å². The molecule has 0 aliphatic rings. The molecule has 0 saturated carbocycles. The SMILES string of the molecule is Cc1ccccc1-c1nnc(-c2ccc(C(=O)NCc3ccccc3Cl)cc2)o1. The molecule has 3 aromatic carbocycles. The molecule has 144 valence electrons. The molecule has 5 nitrogen and oxygen atoms in total. The lowest BCUT2D eigenvalue weighted by Gasteiger charge is -2.07. The zero-order chi connectivity index (χ0) is 20.2. The molecule has 1 N–H and O–H groups in total. The summed E-state index contributed by atoms with van der Waals surface area (Å²) in [4.78, 5) is 12.4. The minimum atomic E-state index is -0.178. The van der Waals surface area contributed by atoms with Gasteiger partial charge in [0.2, 0.25) is 11.8 Å². The van der Waals surface area contributed by atoms with Crippen LogP contribution in [0, 0.1) is 6.92 Å². The van der Waals surface area contributed by atoms with Gasteiger partial charge in [-0.1, -0.05) is 48.0 Å². The molecule has 4 aromatic rings. The van der Waals surface area contributed by atoms with Gasteiger partial charge >= 0.3 is 0 Å². The fraction of sp³-hybridized carbons (Fsp3) is 0.0870. The first-order chi connectivity index (χ1) is 14.1. The van der Waals surface area contributed by atoms with E-state index in [-0.39, 0.29) is 5.91 Å². The van der Waals surface area contributed by atoms with E-state index in [1.54, 1.807) is 30.3 Å². The van der Waals surface area contributed by atoms with Crippen LogP contribution in [0.4, 0.5) is 0 Å². The van der Waals surface area contributed by atoms with Gasteiger partial charge in [-0.3, -0.25) is 4.79 Å². The van der Waals surface area contributed by atoms with Gasteiger partial charge in [0.1, 0.15) is 0 Å². The fourth-order valence-electron chi connectivity index (χ4n) is 2.95. The van der Waals surface area contributed by atoms with Gasteiger partial charge in [-0.15, -0.1) is 10.2 Å². The fourth-order valence-corrected chi connectivity index (χ4v) is 3.15. The third-order valence-electron chi connectivity index (χ3n) is 4.59. The Balaban J connectivity index is 1.46. The molecule has 0 unspecified atom stereocenters. The van der Waals surface area contributed by atoms with Gasteiger partial charge in [-0.05, 0) is 54.4 Å². The highest BCUT2D eigenvalue weighted by molar-refractivity contribution is 6.31. The maximum atomic E-state index is 12.4. The second kappa shape index (κ2) is 8.29. The van der Waals surface area contributed by atoms with Crippen LogP contribution in [0.5, 0.6) is 0 Å². The summed E-state index contributed by atoms with van der Waals surface area (Å²) >= 11 is 6.12. The van der Waals surface area contributed by atoms with Crippen LogP contribution in [-0.4, -0.2) is 16.1 Å². The number of hydrogen-bond donors (Lipinski definition) is 1. The number of carbonyl (C=O) groups excluding carboxylic acids is 1. The van der Waals surface area contributed by atoms with E-state index >= 15 is 0 Å². The molecule has 0 radical (unpaired) electrons. The average molecular weight is 404 g/mol. The lowest BCUT2D eigenvalue weighted by Crippen LogP contribution is -2.22. The van der Waals surface area contributed by atoms with Gasteiger partial charge in [-0.25, -0.2) is 0 Å². The van der Waals surface area contributed by atoms with Crippen molar-refractivity contribution < 1.29 is 9.21 Å². The number of nitrogens with one attached hydrogen (secondary N) is 1. The first-order valence-corrected chi connectivity index (χ1v) is 9.51. The van der Waals surface area contributed by atoms with Crippen molar-refractivity contribution >= 4 is 17.5 Å². The Hall–Kier alpha value is -3.44. The maximum absolute atomic E-state index is 12.4. The van der Waals surface area contributed by atoms with Crippen LogP contribution in [0.3, 0.4) is 0 Å². The summed E-state index contributed by atoms with van der Waals surface area (Å²) in [5.74, 6) is 0.702. The van der Waals surface area contributed by atoms with Crippen LogP contribution in [0.25, 0.3) is 22.9 Å². The first-order valence-electron chi connectivity index (χ1n) is 9.13. The second-order valence-corrected chi connectivity index (χ2v) is 6.99. The molecule has 6 heteroatoms. The lowest BCUT2D eigenvalue weighted by molar-refractivity contribution is 0.0951. The number of nitrogens with zero attached hydrogens (tertiary/aromatic N) is 2. The Kier molecular flexibility index (Phi) is 5.40. The highest BCUT2D eigenvalue weighted by Crippen LogP contribution is 2.26. The van der Waals surface area contributed by atoms with Crippen LogP contribution >= 0.6 is 11.6 Å². The monoisotopic (exact) mass is 403 g/mol. The molecular weight excluding hydrogens is 386 g/mol. The minimum Gasteiger partial charge on any atom is -0.416 e. The Morgan fingerprint density at radius 2 is 1.62 bits per heavy atom. The van der Waals surface area contributed by atoms with E-state index in [1.807, 2.05) is 49.4 Å². The smallest absolute Gasteiger partial charge is 0.251 e. The molecule has 0 aliphatic heterocycles. The average Bonchev–Trinajstić information content (AvgIpc) is 3.23. The molecule has 1 heterocycles. The van der Waals surface area contributed by atoms with E-state index in [0.717, 1.165) is 22.3 Å². The molecular formula is C23H18ClN3O2. The number of rotatable bonds is 5. The normalized spacial score (nSPS) is 10.7. The summed E-state index contributed by atoms with van der Waals surface area (Å²) in [7, 11) is 0. The van der Waals surface area contributed by atoms with E-state index < -0.39 is 0 Å². The molecule has 0 spiro atoms. The van der Waals surface area contributed by atoms with Gasteiger partial charge < -0.3 is 9.73 Å². The predicted molar refractivity (Wildman–Crippen MR) is 113 cm³/mol. The van der Waals surface area contributed by atoms with E-state index in [1.165, 1.54) is 0 Å². The van der Waals surface area contributed by atoms with Gasteiger partial charge in [-0.2, -0.15) is 0 Å². The summed E-state index contributed by atoms with van der Waals surface area (Å²) in [6, 6.07) is 22.3. The number of hydrogen-bond acceptors (Lipinski definition) is 4. The standard InChI is InChI=1S/C23H18ClN3O2/c1-15-6-2-4-8-19(15)23-27-26-22(29-23)17-12-10-16(11-13-17)21(28)25-14-18-7-3-5-9-20(18)24/h2-13H,14H2,1H3,(H,25,28). The van der Waals surface area contributed by atoms with Crippen molar-refractivity contribution in [2.24, 2.45) is 0 Å². The third kappa shape index (κ3) is 4.20. The Morgan fingerprint density at radius 1 is 0.931 bits per heavy atom. The van der Waals surface area contributed by atoms with Crippen LogP contribution in [0.2, 0.25) is 5.02 Å². The zero-order valence-corrected chi connectivity index (χ0v) is 16.5. The summed E-state index contributed by atoms with van der Waals surface area (Å²) in [5, 5.41) is 11.8. The first kappa shape index (κ1) is 18.9. The van der Waals surface area contributed by atoms with E-state index in [0.29, 0.717) is 28.9 Å². The summed E-state index contributed by atoms with van der Waals surface area (Å²) in [5.41, 5.74) is 4.13. The highest BCUT2D eigenvalue weighted by Gasteiger charge is 2.13. The molecule has 4 rings (SSSR count). The van der Waals surface area contributed by atoms with Crippen molar-refractivity contribution in [2.75, 3.05) is 0 Å². The number of halogens is 1. The number of carbonyl (C=O) groups is 1. The molecule has 0 saturated heterocycles. The third-order valence-corrected chi connectivity index (χ3v) is 4.96. The molecule has 0 aliphatic carbocycles. The van der Waals surface area contributed by atoms with Crippen molar-refractivity contribution in [1.82, 2.24) is 15.5 Å². The molecule has 29 heavy (non-hydrogen) atoms. The van der Waals surface area contributed by atoms with Crippen molar-refractivity contribution in [3.63, 3.8) is 0 Å². The Morgan fingerprint density at radius 3 is 2.38 bits per heavy atom. The molecule has 0 fully saturated rings.